The number of aromatic nitrogens is 3. The number of hydrogen-bond donors (Lipinski definition) is 2. The molecule has 5 nitrogen and oxygen atoms in total. The first-order valence-electron chi connectivity index (χ1n) is 6.58. The summed E-state index contributed by atoms with van der Waals surface area (Å²) in [6, 6.07) is 0. The van der Waals surface area contributed by atoms with Crippen LogP contribution in [0, 0.1) is 5.92 Å². The summed E-state index contributed by atoms with van der Waals surface area (Å²) < 4.78 is 2.15. The van der Waals surface area contributed by atoms with Crippen LogP contribution < -0.4 is 11.1 Å². The molecule has 0 radical (unpaired) electrons. The molecule has 1 aromatic heterocycles. The predicted octanol–water partition coefficient (Wildman–Crippen LogP) is 1.65. The van der Waals surface area contributed by atoms with Crippen LogP contribution in [-0.2, 0) is 13.0 Å². The van der Waals surface area contributed by atoms with Crippen molar-refractivity contribution in [2.24, 2.45) is 11.7 Å². The van der Waals surface area contributed by atoms with Crippen LogP contribution in [0.15, 0.2) is 0 Å². The lowest BCUT2D eigenvalue weighted by atomic mass is 10.0. The minimum Gasteiger partial charge on any atom is -0.355 e. The number of rotatable bonds is 8. The van der Waals surface area contributed by atoms with Crippen molar-refractivity contribution in [2.45, 2.75) is 46.6 Å². The van der Waals surface area contributed by atoms with Crippen molar-refractivity contribution >= 4 is 5.95 Å². The number of nitrogens with one attached hydrogen (secondary N) is 1. The molecule has 0 saturated heterocycles. The van der Waals surface area contributed by atoms with Gasteiger partial charge in [-0.3, -0.25) is 4.57 Å². The summed E-state index contributed by atoms with van der Waals surface area (Å²) in [7, 11) is 0. The molecule has 5 heteroatoms. The van der Waals surface area contributed by atoms with E-state index in [1.54, 1.807) is 0 Å². The molecule has 0 aromatic carbocycles. The van der Waals surface area contributed by atoms with Gasteiger partial charge in [0, 0.05) is 19.5 Å². The van der Waals surface area contributed by atoms with E-state index in [0.29, 0.717) is 5.92 Å². The number of anilines is 1. The second kappa shape index (κ2) is 7.27. The second-order valence-corrected chi connectivity index (χ2v) is 4.44. The number of nitrogens with zero attached hydrogens (tertiary/aromatic N) is 3. The summed E-state index contributed by atoms with van der Waals surface area (Å²) in [5, 5.41) is 11.7. The van der Waals surface area contributed by atoms with E-state index in [1.165, 1.54) is 0 Å². The van der Waals surface area contributed by atoms with Crippen LogP contribution in [0.3, 0.4) is 0 Å². The average Bonchev–Trinajstić information content (AvgIpc) is 2.69. The van der Waals surface area contributed by atoms with E-state index >= 15 is 0 Å². The van der Waals surface area contributed by atoms with Crippen molar-refractivity contribution < 1.29 is 0 Å². The second-order valence-electron chi connectivity index (χ2n) is 4.44. The molecule has 3 N–H and O–H groups in total. The Kier molecular flexibility index (Phi) is 5.97. The third kappa shape index (κ3) is 4.00. The SMILES string of the molecule is CCNc1nnc(CCC(C)CCN)n1CC. The van der Waals surface area contributed by atoms with Gasteiger partial charge in [-0.05, 0) is 39.2 Å². The maximum absolute atomic E-state index is 5.55. The lowest BCUT2D eigenvalue weighted by Gasteiger charge is -2.11. The minimum absolute atomic E-state index is 0.657. The van der Waals surface area contributed by atoms with Crippen LogP contribution in [0.25, 0.3) is 0 Å². The van der Waals surface area contributed by atoms with Crippen LogP contribution in [0.2, 0.25) is 0 Å². The topological polar surface area (TPSA) is 68.8 Å². The van der Waals surface area contributed by atoms with Crippen molar-refractivity contribution in [2.75, 3.05) is 18.4 Å². The molecule has 1 atom stereocenters. The monoisotopic (exact) mass is 239 g/mol. The standard InChI is InChI=1S/C12H25N5/c1-4-14-12-16-15-11(17(12)5-2)7-6-10(3)8-9-13/h10H,4-9,13H2,1-3H3,(H,14,16). The largest absolute Gasteiger partial charge is 0.355 e. The number of hydrogen-bond acceptors (Lipinski definition) is 4. The molecular weight excluding hydrogens is 214 g/mol. The molecule has 1 rings (SSSR count). The average molecular weight is 239 g/mol. The highest BCUT2D eigenvalue weighted by Gasteiger charge is 2.11. The summed E-state index contributed by atoms with van der Waals surface area (Å²) in [4.78, 5) is 0. The van der Waals surface area contributed by atoms with Gasteiger partial charge in [-0.2, -0.15) is 0 Å². The summed E-state index contributed by atoms with van der Waals surface area (Å²) >= 11 is 0. The van der Waals surface area contributed by atoms with Gasteiger partial charge in [0.15, 0.2) is 0 Å². The Bertz CT molecular complexity index is 321. The Morgan fingerprint density at radius 2 is 2.06 bits per heavy atom. The smallest absolute Gasteiger partial charge is 0.224 e. The number of nitrogens with two attached hydrogens (primary N) is 1. The van der Waals surface area contributed by atoms with Gasteiger partial charge in [-0.15, -0.1) is 10.2 Å². The summed E-state index contributed by atoms with van der Waals surface area (Å²) in [5.41, 5.74) is 5.55. The molecule has 0 aliphatic heterocycles. The molecule has 0 amide bonds. The summed E-state index contributed by atoms with van der Waals surface area (Å²) in [5.74, 6) is 2.62. The molecule has 0 aliphatic carbocycles. The predicted molar refractivity (Wildman–Crippen MR) is 71.0 cm³/mol. The van der Waals surface area contributed by atoms with E-state index in [0.717, 1.165) is 50.7 Å². The quantitative estimate of drug-likeness (QED) is 0.723. The molecule has 98 valence electrons. The van der Waals surface area contributed by atoms with Crippen LogP contribution in [0.4, 0.5) is 5.95 Å². The highest BCUT2D eigenvalue weighted by Crippen LogP contribution is 2.14. The molecule has 0 fully saturated rings. The number of aryl methyl sites for hydroxylation is 1. The third-order valence-electron chi connectivity index (χ3n) is 3.00. The normalized spacial score (nSPS) is 12.7. The Morgan fingerprint density at radius 1 is 1.29 bits per heavy atom. The first-order valence-corrected chi connectivity index (χ1v) is 6.58. The fourth-order valence-electron chi connectivity index (χ4n) is 1.95. The fraction of sp³-hybridized carbons (Fsp3) is 0.833. The minimum atomic E-state index is 0.657. The van der Waals surface area contributed by atoms with Crippen molar-refractivity contribution in [3.63, 3.8) is 0 Å². The molecule has 1 unspecified atom stereocenters. The van der Waals surface area contributed by atoms with E-state index in [9.17, 15) is 0 Å². The van der Waals surface area contributed by atoms with E-state index in [1.807, 2.05) is 0 Å². The van der Waals surface area contributed by atoms with Gasteiger partial charge >= 0.3 is 0 Å². The molecule has 0 bridgehead atoms. The molecule has 0 aliphatic rings. The van der Waals surface area contributed by atoms with Crippen molar-refractivity contribution in [1.29, 1.82) is 0 Å². The van der Waals surface area contributed by atoms with Crippen LogP contribution >= 0.6 is 0 Å². The van der Waals surface area contributed by atoms with Gasteiger partial charge in [-0.1, -0.05) is 6.92 Å². The van der Waals surface area contributed by atoms with Gasteiger partial charge in [0.2, 0.25) is 5.95 Å². The van der Waals surface area contributed by atoms with Crippen molar-refractivity contribution in [1.82, 2.24) is 14.8 Å². The van der Waals surface area contributed by atoms with E-state index < -0.39 is 0 Å². The van der Waals surface area contributed by atoms with E-state index in [4.69, 9.17) is 5.73 Å². The van der Waals surface area contributed by atoms with Crippen molar-refractivity contribution in [3.8, 4) is 0 Å². The van der Waals surface area contributed by atoms with Crippen LogP contribution in [0.1, 0.15) is 39.4 Å². The highest BCUT2D eigenvalue weighted by atomic mass is 15.3. The van der Waals surface area contributed by atoms with E-state index in [-0.39, 0.29) is 0 Å². The third-order valence-corrected chi connectivity index (χ3v) is 3.00. The molecule has 1 heterocycles. The Balaban J connectivity index is 2.58. The van der Waals surface area contributed by atoms with Gasteiger partial charge in [-0.25, -0.2) is 0 Å². The Hall–Kier alpha value is -1.10. The summed E-state index contributed by atoms with van der Waals surface area (Å²) in [6.07, 6.45) is 3.19. The van der Waals surface area contributed by atoms with Gasteiger partial charge in [0.25, 0.3) is 0 Å². The van der Waals surface area contributed by atoms with Gasteiger partial charge < -0.3 is 11.1 Å². The maximum Gasteiger partial charge on any atom is 0.224 e. The molecular formula is C12H25N5. The molecule has 0 saturated carbocycles. The zero-order valence-corrected chi connectivity index (χ0v) is 11.2. The van der Waals surface area contributed by atoms with Crippen LogP contribution in [0.5, 0.6) is 0 Å². The molecule has 0 spiro atoms. The van der Waals surface area contributed by atoms with Gasteiger partial charge in [0.05, 0.1) is 0 Å². The van der Waals surface area contributed by atoms with Crippen molar-refractivity contribution in [3.05, 3.63) is 5.82 Å². The van der Waals surface area contributed by atoms with Crippen LogP contribution in [-0.4, -0.2) is 27.9 Å². The first kappa shape index (κ1) is 14.0. The molecule has 17 heavy (non-hydrogen) atoms. The molecule has 1 aromatic rings. The zero-order chi connectivity index (χ0) is 12.7. The zero-order valence-electron chi connectivity index (χ0n) is 11.2. The van der Waals surface area contributed by atoms with Gasteiger partial charge in [0.1, 0.15) is 5.82 Å². The maximum atomic E-state index is 5.55. The Morgan fingerprint density at radius 3 is 2.65 bits per heavy atom. The van der Waals surface area contributed by atoms with E-state index in [2.05, 4.69) is 40.9 Å². The first-order chi connectivity index (χ1) is 8.22. The highest BCUT2D eigenvalue weighted by molar-refractivity contribution is 5.25. The summed E-state index contributed by atoms with van der Waals surface area (Å²) in [6.45, 7) is 8.99. The fourth-order valence-corrected chi connectivity index (χ4v) is 1.95. The lowest BCUT2D eigenvalue weighted by Crippen LogP contribution is -2.11. The Labute approximate surface area is 104 Å². The lowest BCUT2D eigenvalue weighted by molar-refractivity contribution is 0.486.